The highest BCUT2D eigenvalue weighted by atomic mass is 19.2. The zero-order chi connectivity index (χ0) is 13.8. The molecule has 106 valence electrons. The van der Waals surface area contributed by atoms with Gasteiger partial charge in [-0.2, -0.15) is 0 Å². The first-order valence-electron chi connectivity index (χ1n) is 6.52. The molecule has 0 aliphatic carbocycles. The van der Waals surface area contributed by atoms with Gasteiger partial charge < -0.3 is 10.1 Å². The first-order chi connectivity index (χ1) is 9.06. The van der Waals surface area contributed by atoms with Gasteiger partial charge in [0.05, 0.1) is 6.10 Å². The highest BCUT2D eigenvalue weighted by molar-refractivity contribution is 5.19. The fraction of sp³-hybridized carbons (Fsp3) is 0.571. The maximum Gasteiger partial charge on any atom is 0.161 e. The predicted octanol–water partition coefficient (Wildman–Crippen LogP) is 3.01. The summed E-state index contributed by atoms with van der Waals surface area (Å²) in [5.41, 5.74) is 0.152. The van der Waals surface area contributed by atoms with Gasteiger partial charge in [-0.25, -0.2) is 13.2 Å². The Bertz CT molecular complexity index is 439. The van der Waals surface area contributed by atoms with Crippen LogP contribution < -0.4 is 5.32 Å². The molecule has 1 heterocycles. The summed E-state index contributed by atoms with van der Waals surface area (Å²) in [6.45, 7) is 3.70. The van der Waals surface area contributed by atoms with Crippen molar-refractivity contribution in [1.29, 1.82) is 0 Å². The Morgan fingerprint density at radius 2 is 1.95 bits per heavy atom. The van der Waals surface area contributed by atoms with Crippen molar-refractivity contribution in [3.8, 4) is 0 Å². The number of ether oxygens (including phenoxy) is 1. The van der Waals surface area contributed by atoms with E-state index in [1.54, 1.807) is 0 Å². The molecule has 5 heteroatoms. The minimum absolute atomic E-state index is 0.152. The van der Waals surface area contributed by atoms with E-state index in [0.29, 0.717) is 12.0 Å². The minimum Gasteiger partial charge on any atom is -0.378 e. The van der Waals surface area contributed by atoms with E-state index in [4.69, 9.17) is 4.74 Å². The summed E-state index contributed by atoms with van der Waals surface area (Å²) in [5.74, 6) is -2.40. The Morgan fingerprint density at radius 3 is 2.68 bits per heavy atom. The Balaban J connectivity index is 1.84. The molecule has 0 bridgehead atoms. The van der Waals surface area contributed by atoms with Gasteiger partial charge in [-0.05, 0) is 38.3 Å². The predicted molar refractivity (Wildman–Crippen MR) is 66.2 cm³/mol. The van der Waals surface area contributed by atoms with Crippen LogP contribution in [-0.2, 0) is 11.3 Å². The van der Waals surface area contributed by atoms with Gasteiger partial charge >= 0.3 is 0 Å². The standard InChI is InChI=1S/C14H18F3NO/c1-9-4-10(2-3-19-9)7-18-8-11-5-13(16)14(17)6-12(11)15/h5-6,9-10,18H,2-4,7-8H2,1H3. The van der Waals surface area contributed by atoms with E-state index in [1.807, 2.05) is 6.92 Å². The van der Waals surface area contributed by atoms with E-state index in [-0.39, 0.29) is 18.2 Å². The van der Waals surface area contributed by atoms with E-state index >= 15 is 0 Å². The largest absolute Gasteiger partial charge is 0.378 e. The number of hydrogen-bond acceptors (Lipinski definition) is 2. The molecule has 0 amide bonds. The molecule has 1 N–H and O–H groups in total. The maximum absolute atomic E-state index is 13.4. The van der Waals surface area contributed by atoms with Crippen LogP contribution >= 0.6 is 0 Å². The second-order valence-corrected chi connectivity index (χ2v) is 5.06. The Kier molecular flexibility index (Phi) is 4.82. The van der Waals surface area contributed by atoms with Crippen LogP contribution in [0.2, 0.25) is 0 Å². The lowest BCUT2D eigenvalue weighted by Gasteiger charge is -2.27. The first kappa shape index (κ1) is 14.3. The summed E-state index contributed by atoms with van der Waals surface area (Å²) in [7, 11) is 0. The van der Waals surface area contributed by atoms with Gasteiger partial charge in [-0.1, -0.05) is 0 Å². The van der Waals surface area contributed by atoms with Crippen molar-refractivity contribution in [2.24, 2.45) is 5.92 Å². The second-order valence-electron chi connectivity index (χ2n) is 5.06. The summed E-state index contributed by atoms with van der Waals surface area (Å²) in [6.07, 6.45) is 2.19. The fourth-order valence-electron chi connectivity index (χ4n) is 2.39. The van der Waals surface area contributed by atoms with Gasteiger partial charge in [0.15, 0.2) is 11.6 Å². The lowest BCUT2D eigenvalue weighted by molar-refractivity contribution is 0.00287. The van der Waals surface area contributed by atoms with Gasteiger partial charge in [0, 0.05) is 24.8 Å². The lowest BCUT2D eigenvalue weighted by Crippen LogP contribution is -2.31. The Labute approximate surface area is 111 Å². The van der Waals surface area contributed by atoms with Crippen LogP contribution in [-0.4, -0.2) is 19.3 Å². The first-order valence-corrected chi connectivity index (χ1v) is 6.52. The lowest BCUT2D eigenvalue weighted by atomic mass is 9.96. The minimum atomic E-state index is -1.15. The van der Waals surface area contributed by atoms with Crippen molar-refractivity contribution in [3.63, 3.8) is 0 Å². The molecule has 2 rings (SSSR count). The zero-order valence-corrected chi connectivity index (χ0v) is 10.9. The van der Waals surface area contributed by atoms with Crippen LogP contribution in [0.15, 0.2) is 12.1 Å². The van der Waals surface area contributed by atoms with Crippen molar-refractivity contribution in [3.05, 3.63) is 35.1 Å². The highest BCUT2D eigenvalue weighted by Crippen LogP contribution is 2.19. The maximum atomic E-state index is 13.4. The second kappa shape index (κ2) is 6.39. The summed E-state index contributed by atoms with van der Waals surface area (Å²) in [4.78, 5) is 0. The van der Waals surface area contributed by atoms with Gasteiger partial charge in [0.25, 0.3) is 0 Å². The summed E-state index contributed by atoms with van der Waals surface area (Å²) >= 11 is 0. The van der Waals surface area contributed by atoms with Gasteiger partial charge in [0.1, 0.15) is 5.82 Å². The third kappa shape index (κ3) is 3.94. The van der Waals surface area contributed by atoms with Crippen molar-refractivity contribution >= 4 is 0 Å². The number of benzene rings is 1. The molecule has 1 aromatic carbocycles. The third-order valence-corrected chi connectivity index (χ3v) is 3.43. The van der Waals surface area contributed by atoms with E-state index in [2.05, 4.69) is 5.32 Å². The van der Waals surface area contributed by atoms with Crippen LogP contribution in [0.25, 0.3) is 0 Å². The molecule has 1 aliphatic heterocycles. The van der Waals surface area contributed by atoms with Gasteiger partial charge in [-0.3, -0.25) is 0 Å². The van der Waals surface area contributed by atoms with Crippen LogP contribution in [0.5, 0.6) is 0 Å². The van der Waals surface area contributed by atoms with Crippen LogP contribution in [0.3, 0.4) is 0 Å². The van der Waals surface area contributed by atoms with E-state index < -0.39 is 17.5 Å². The Hall–Kier alpha value is -1.07. The normalized spacial score (nSPS) is 23.6. The molecule has 1 fully saturated rings. The summed E-state index contributed by atoms with van der Waals surface area (Å²) in [5, 5.41) is 3.09. The Morgan fingerprint density at radius 1 is 1.21 bits per heavy atom. The van der Waals surface area contributed by atoms with Crippen molar-refractivity contribution < 1.29 is 17.9 Å². The van der Waals surface area contributed by atoms with Crippen LogP contribution in [0.1, 0.15) is 25.3 Å². The van der Waals surface area contributed by atoms with Crippen LogP contribution in [0.4, 0.5) is 13.2 Å². The molecule has 0 saturated carbocycles. The van der Waals surface area contributed by atoms with E-state index in [1.165, 1.54) is 0 Å². The molecule has 0 radical (unpaired) electrons. The molecule has 19 heavy (non-hydrogen) atoms. The molecule has 0 aromatic heterocycles. The molecule has 2 nitrogen and oxygen atoms in total. The van der Waals surface area contributed by atoms with Crippen LogP contribution in [0, 0.1) is 23.4 Å². The molecule has 2 atom stereocenters. The molecule has 1 aliphatic rings. The van der Waals surface area contributed by atoms with Crippen molar-refractivity contribution in [1.82, 2.24) is 5.32 Å². The molecule has 2 unspecified atom stereocenters. The van der Waals surface area contributed by atoms with Gasteiger partial charge in [-0.15, -0.1) is 0 Å². The fourth-order valence-corrected chi connectivity index (χ4v) is 2.39. The summed E-state index contributed by atoms with van der Waals surface area (Å²) < 4.78 is 44.6. The molecule has 0 spiro atoms. The number of nitrogens with one attached hydrogen (secondary N) is 1. The highest BCUT2D eigenvalue weighted by Gasteiger charge is 2.19. The van der Waals surface area contributed by atoms with E-state index in [0.717, 1.165) is 32.1 Å². The van der Waals surface area contributed by atoms with Crippen molar-refractivity contribution in [2.45, 2.75) is 32.4 Å². The molecule has 1 aromatic rings. The molecule has 1 saturated heterocycles. The average Bonchev–Trinajstić information content (AvgIpc) is 2.35. The third-order valence-electron chi connectivity index (χ3n) is 3.43. The number of hydrogen-bond donors (Lipinski definition) is 1. The number of rotatable bonds is 4. The molecular weight excluding hydrogens is 255 g/mol. The quantitative estimate of drug-likeness (QED) is 0.851. The van der Waals surface area contributed by atoms with E-state index in [9.17, 15) is 13.2 Å². The average molecular weight is 273 g/mol. The SMILES string of the molecule is CC1CC(CNCc2cc(F)c(F)cc2F)CCO1. The monoisotopic (exact) mass is 273 g/mol. The van der Waals surface area contributed by atoms with Crippen molar-refractivity contribution in [2.75, 3.05) is 13.2 Å². The zero-order valence-electron chi connectivity index (χ0n) is 10.9. The topological polar surface area (TPSA) is 21.3 Å². The smallest absolute Gasteiger partial charge is 0.161 e. The molecular formula is C14H18F3NO. The number of halogens is 3. The van der Waals surface area contributed by atoms with Gasteiger partial charge in [0.2, 0.25) is 0 Å². The summed E-state index contributed by atoms with van der Waals surface area (Å²) in [6, 6.07) is 1.49.